The van der Waals surface area contributed by atoms with Crippen molar-refractivity contribution in [3.8, 4) is 5.69 Å². The molecule has 0 spiro atoms. The van der Waals surface area contributed by atoms with Crippen LogP contribution < -0.4 is 10.0 Å². The highest BCUT2D eigenvalue weighted by atomic mass is 32.2. The number of rotatable bonds is 2. The van der Waals surface area contributed by atoms with E-state index in [2.05, 4.69) is 20.1 Å². The minimum atomic E-state index is -3.73. The molecule has 0 atom stereocenters. The zero-order chi connectivity index (χ0) is 16.7. The van der Waals surface area contributed by atoms with E-state index in [1.807, 2.05) is 6.07 Å². The molecule has 0 saturated carbocycles. The fourth-order valence-electron chi connectivity index (χ4n) is 2.39. The molecular formula is C15H11N5O3S. The first-order chi connectivity index (χ1) is 11.5. The van der Waals surface area contributed by atoms with Crippen molar-refractivity contribution in [3.05, 3.63) is 60.4 Å². The van der Waals surface area contributed by atoms with E-state index in [1.54, 1.807) is 42.5 Å². The molecule has 2 aromatic carbocycles. The summed E-state index contributed by atoms with van der Waals surface area (Å²) in [7, 11) is -3.73. The van der Waals surface area contributed by atoms with Crippen LogP contribution in [-0.2, 0) is 10.0 Å². The third-order valence-corrected chi connectivity index (χ3v) is 4.83. The van der Waals surface area contributed by atoms with Crippen molar-refractivity contribution in [3.63, 3.8) is 0 Å². The van der Waals surface area contributed by atoms with Gasteiger partial charge in [0, 0.05) is 5.69 Å². The lowest BCUT2D eigenvalue weighted by Crippen LogP contribution is -2.23. The van der Waals surface area contributed by atoms with Gasteiger partial charge in [-0.2, -0.15) is 9.67 Å². The molecule has 120 valence electrons. The molecule has 3 aromatic rings. The van der Waals surface area contributed by atoms with Crippen molar-refractivity contribution < 1.29 is 13.2 Å². The van der Waals surface area contributed by atoms with Gasteiger partial charge in [-0.1, -0.05) is 30.3 Å². The molecule has 9 heteroatoms. The van der Waals surface area contributed by atoms with Crippen molar-refractivity contribution in [2.24, 2.45) is 0 Å². The SMILES string of the molecule is O=C(Nc1ccccc1)c1nc2n(n1)-c1ccccc1S(=O)(=O)N2. The van der Waals surface area contributed by atoms with E-state index in [0.717, 1.165) is 0 Å². The molecule has 4 rings (SSSR count). The number of carbonyl (C=O) groups excluding carboxylic acids is 1. The Morgan fingerprint density at radius 1 is 1.04 bits per heavy atom. The molecule has 0 radical (unpaired) electrons. The van der Waals surface area contributed by atoms with E-state index in [9.17, 15) is 13.2 Å². The van der Waals surface area contributed by atoms with E-state index in [4.69, 9.17) is 0 Å². The number of hydrogen-bond donors (Lipinski definition) is 2. The molecule has 2 N–H and O–H groups in total. The van der Waals surface area contributed by atoms with Crippen LogP contribution in [0.3, 0.4) is 0 Å². The van der Waals surface area contributed by atoms with Crippen molar-refractivity contribution in [2.45, 2.75) is 4.90 Å². The van der Waals surface area contributed by atoms with Crippen LogP contribution in [0.2, 0.25) is 0 Å². The van der Waals surface area contributed by atoms with Crippen LogP contribution in [0.4, 0.5) is 11.6 Å². The number of amides is 1. The van der Waals surface area contributed by atoms with E-state index < -0.39 is 15.9 Å². The maximum absolute atomic E-state index is 12.3. The Labute approximate surface area is 137 Å². The van der Waals surface area contributed by atoms with Gasteiger partial charge in [-0.25, -0.2) is 13.1 Å². The fraction of sp³-hybridized carbons (Fsp3) is 0. The fourth-order valence-corrected chi connectivity index (χ4v) is 3.56. The molecule has 0 unspecified atom stereocenters. The number of nitrogens with zero attached hydrogens (tertiary/aromatic N) is 3. The summed E-state index contributed by atoms with van der Waals surface area (Å²) in [6.07, 6.45) is 0. The van der Waals surface area contributed by atoms with Gasteiger partial charge in [0.25, 0.3) is 15.9 Å². The molecule has 1 aromatic heterocycles. The third kappa shape index (κ3) is 2.31. The van der Waals surface area contributed by atoms with Gasteiger partial charge in [0.2, 0.25) is 11.8 Å². The smallest absolute Gasteiger partial charge is 0.295 e. The quantitative estimate of drug-likeness (QED) is 0.737. The maximum Gasteiger partial charge on any atom is 0.295 e. The molecule has 0 fully saturated rings. The number of hydrogen-bond acceptors (Lipinski definition) is 5. The minimum absolute atomic E-state index is 0.0214. The minimum Gasteiger partial charge on any atom is -0.319 e. The Morgan fingerprint density at radius 3 is 2.54 bits per heavy atom. The Hall–Kier alpha value is -3.20. The molecule has 0 aliphatic carbocycles. The van der Waals surface area contributed by atoms with E-state index in [-0.39, 0.29) is 16.7 Å². The predicted octanol–water partition coefficient (Wildman–Crippen LogP) is 1.63. The second-order valence-corrected chi connectivity index (χ2v) is 6.72. The van der Waals surface area contributed by atoms with Gasteiger partial charge in [-0.05, 0) is 24.3 Å². The highest BCUT2D eigenvalue weighted by Gasteiger charge is 2.30. The maximum atomic E-state index is 12.3. The molecule has 2 heterocycles. The number of carbonyl (C=O) groups is 1. The monoisotopic (exact) mass is 341 g/mol. The standard InChI is InChI=1S/C15H11N5O3S/c21-14(16-10-6-2-1-3-7-10)13-17-15-19-24(22,23)12-9-5-4-8-11(12)20(15)18-13/h1-9H,(H,16,21)(H,17,18,19). The first-order valence-electron chi connectivity index (χ1n) is 7.00. The summed E-state index contributed by atoms with van der Waals surface area (Å²) in [6.45, 7) is 0. The summed E-state index contributed by atoms with van der Waals surface area (Å²) >= 11 is 0. The van der Waals surface area contributed by atoms with Crippen molar-refractivity contribution in [2.75, 3.05) is 10.0 Å². The van der Waals surface area contributed by atoms with Gasteiger partial charge in [-0.3, -0.25) is 4.79 Å². The lowest BCUT2D eigenvalue weighted by molar-refractivity contribution is 0.101. The lowest BCUT2D eigenvalue weighted by atomic mass is 10.3. The highest BCUT2D eigenvalue weighted by Crippen LogP contribution is 2.29. The third-order valence-electron chi connectivity index (χ3n) is 3.45. The molecule has 1 aliphatic rings. The van der Waals surface area contributed by atoms with Gasteiger partial charge in [0.1, 0.15) is 4.90 Å². The summed E-state index contributed by atoms with van der Waals surface area (Å²) < 4.78 is 28.0. The second kappa shape index (κ2) is 5.17. The van der Waals surface area contributed by atoms with Crippen LogP contribution in [0, 0.1) is 0 Å². The second-order valence-electron chi connectivity index (χ2n) is 5.06. The van der Waals surface area contributed by atoms with Crippen LogP contribution in [0.25, 0.3) is 5.69 Å². The number of fused-ring (bicyclic) bond motifs is 3. The van der Waals surface area contributed by atoms with E-state index in [0.29, 0.717) is 11.4 Å². The van der Waals surface area contributed by atoms with Crippen LogP contribution in [0.15, 0.2) is 59.5 Å². The number of aromatic nitrogens is 3. The number of nitrogens with one attached hydrogen (secondary N) is 2. The van der Waals surface area contributed by atoms with Gasteiger partial charge in [-0.15, -0.1) is 5.10 Å². The zero-order valence-corrected chi connectivity index (χ0v) is 13.0. The van der Waals surface area contributed by atoms with Gasteiger partial charge in [0.15, 0.2) is 0 Å². The van der Waals surface area contributed by atoms with Crippen molar-refractivity contribution in [1.82, 2.24) is 14.8 Å². The molecule has 1 amide bonds. The van der Waals surface area contributed by atoms with Crippen molar-refractivity contribution >= 4 is 27.6 Å². The van der Waals surface area contributed by atoms with Gasteiger partial charge >= 0.3 is 0 Å². The lowest BCUT2D eigenvalue weighted by Gasteiger charge is -2.17. The first kappa shape index (κ1) is 14.4. The Morgan fingerprint density at radius 2 is 1.75 bits per heavy atom. The Bertz CT molecular complexity index is 1040. The molecule has 8 nitrogen and oxygen atoms in total. The summed E-state index contributed by atoms with van der Waals surface area (Å²) in [4.78, 5) is 16.4. The average Bonchev–Trinajstić information content (AvgIpc) is 2.99. The average molecular weight is 341 g/mol. The number of para-hydroxylation sites is 2. The predicted molar refractivity (Wildman–Crippen MR) is 86.6 cm³/mol. The molecule has 1 aliphatic heterocycles. The van der Waals surface area contributed by atoms with E-state index >= 15 is 0 Å². The first-order valence-corrected chi connectivity index (χ1v) is 8.48. The van der Waals surface area contributed by atoms with Crippen LogP contribution in [-0.4, -0.2) is 29.1 Å². The molecular weight excluding hydrogens is 330 g/mol. The van der Waals surface area contributed by atoms with Gasteiger partial charge in [0.05, 0.1) is 5.69 Å². The zero-order valence-electron chi connectivity index (χ0n) is 12.2. The van der Waals surface area contributed by atoms with Gasteiger partial charge < -0.3 is 5.32 Å². The molecule has 24 heavy (non-hydrogen) atoms. The largest absolute Gasteiger partial charge is 0.319 e. The topological polar surface area (TPSA) is 106 Å². The normalized spacial score (nSPS) is 14.2. The molecule has 0 saturated heterocycles. The Kier molecular flexibility index (Phi) is 3.10. The summed E-state index contributed by atoms with van der Waals surface area (Å²) in [5, 5.41) is 6.78. The number of sulfonamides is 1. The number of anilines is 2. The highest BCUT2D eigenvalue weighted by molar-refractivity contribution is 7.92. The van der Waals surface area contributed by atoms with E-state index in [1.165, 1.54) is 10.7 Å². The summed E-state index contributed by atoms with van der Waals surface area (Å²) in [5.74, 6) is -0.681. The summed E-state index contributed by atoms with van der Waals surface area (Å²) in [6, 6.07) is 15.2. The summed E-state index contributed by atoms with van der Waals surface area (Å²) in [5.41, 5.74) is 0.939. The van der Waals surface area contributed by atoms with Crippen molar-refractivity contribution in [1.29, 1.82) is 0 Å². The number of benzene rings is 2. The van der Waals surface area contributed by atoms with Crippen LogP contribution in [0.5, 0.6) is 0 Å². The van der Waals surface area contributed by atoms with Crippen LogP contribution in [0.1, 0.15) is 10.6 Å². The van der Waals surface area contributed by atoms with Crippen LogP contribution >= 0.6 is 0 Å². The molecule has 0 bridgehead atoms. The Balaban J connectivity index is 1.74.